The summed E-state index contributed by atoms with van der Waals surface area (Å²) in [5.41, 5.74) is 3.92. The van der Waals surface area contributed by atoms with Crippen molar-refractivity contribution in [3.8, 4) is 11.1 Å². The Morgan fingerprint density at radius 3 is 2.17 bits per heavy atom. The van der Waals surface area contributed by atoms with Crippen LogP contribution in [0.2, 0.25) is 0 Å². The highest BCUT2D eigenvalue weighted by molar-refractivity contribution is 7.91. The zero-order valence-electron chi connectivity index (χ0n) is 20.4. The molecule has 188 valence electrons. The summed E-state index contributed by atoms with van der Waals surface area (Å²) in [7, 11) is -1.61. The third kappa shape index (κ3) is 5.22. The van der Waals surface area contributed by atoms with Crippen LogP contribution in [0.1, 0.15) is 20.8 Å². The maximum atomic E-state index is 12.9. The Hall–Kier alpha value is -3.27. The van der Waals surface area contributed by atoms with Gasteiger partial charge in [0, 0.05) is 18.8 Å². The summed E-state index contributed by atoms with van der Waals surface area (Å²) in [5, 5.41) is 0. The molecule has 0 radical (unpaired) electrons. The maximum Gasteiger partial charge on any atom is 0.414 e. The highest BCUT2D eigenvalue weighted by Crippen LogP contribution is 2.39. The number of amides is 2. The molecule has 0 aliphatic carbocycles. The summed E-state index contributed by atoms with van der Waals surface area (Å²) in [5.74, 6) is 0.327. The van der Waals surface area contributed by atoms with Crippen molar-refractivity contribution in [2.24, 2.45) is 0 Å². The number of hydrogen-bond acceptors (Lipinski definition) is 7. The van der Waals surface area contributed by atoms with Crippen molar-refractivity contribution in [2.75, 3.05) is 52.9 Å². The van der Waals surface area contributed by atoms with Crippen molar-refractivity contribution in [2.45, 2.75) is 32.9 Å². The minimum Gasteiger partial charge on any atom is -0.452 e. The lowest BCUT2D eigenvalue weighted by Gasteiger charge is -2.40. The molecule has 2 aliphatic rings. The monoisotopic (exact) mass is 501 g/mol. The van der Waals surface area contributed by atoms with Gasteiger partial charge in [0.15, 0.2) is 9.84 Å². The second-order valence-electron chi connectivity index (χ2n) is 9.12. The van der Waals surface area contributed by atoms with E-state index in [0.717, 1.165) is 16.8 Å². The second kappa shape index (κ2) is 9.77. The van der Waals surface area contributed by atoms with E-state index in [4.69, 9.17) is 9.47 Å². The Morgan fingerprint density at radius 1 is 0.943 bits per heavy atom. The standard InChI is InChI=1S/C25H31N3O6S/c1-17(2)34-24(29)27-16-18(3)28(25(30)33-4)22-10-7-20(15-23(22)27)19-5-8-21(9-6-19)26-11-13-35(31,32)14-12-26/h5-10,15,17-18H,11-14,16H2,1-4H3/t18-/m0/s1. The van der Waals surface area contributed by atoms with Gasteiger partial charge in [0.25, 0.3) is 0 Å². The number of fused-ring (bicyclic) bond motifs is 1. The highest BCUT2D eigenvalue weighted by Gasteiger charge is 2.36. The fourth-order valence-corrected chi connectivity index (χ4v) is 5.66. The Bertz CT molecular complexity index is 1200. The van der Waals surface area contributed by atoms with Crippen molar-refractivity contribution in [3.63, 3.8) is 0 Å². The van der Waals surface area contributed by atoms with Crippen molar-refractivity contribution < 1.29 is 27.5 Å². The van der Waals surface area contributed by atoms with Crippen molar-refractivity contribution in [1.29, 1.82) is 0 Å². The number of hydrogen-bond donors (Lipinski definition) is 0. The van der Waals surface area contributed by atoms with E-state index in [1.165, 1.54) is 7.11 Å². The molecule has 1 saturated heterocycles. The molecule has 0 spiro atoms. The first kappa shape index (κ1) is 24.8. The zero-order valence-corrected chi connectivity index (χ0v) is 21.2. The van der Waals surface area contributed by atoms with Crippen LogP contribution in [0.4, 0.5) is 26.7 Å². The van der Waals surface area contributed by atoms with Gasteiger partial charge >= 0.3 is 12.2 Å². The summed E-state index contributed by atoms with van der Waals surface area (Å²) in [4.78, 5) is 30.6. The maximum absolute atomic E-state index is 12.9. The van der Waals surface area contributed by atoms with E-state index < -0.39 is 22.0 Å². The molecule has 2 aromatic rings. The molecular weight excluding hydrogens is 470 g/mol. The molecule has 35 heavy (non-hydrogen) atoms. The van der Waals surface area contributed by atoms with Gasteiger partial charge in [0.2, 0.25) is 0 Å². The van der Waals surface area contributed by atoms with Crippen LogP contribution < -0.4 is 14.7 Å². The molecule has 0 unspecified atom stereocenters. The molecule has 2 aliphatic heterocycles. The number of carbonyl (C=O) groups excluding carboxylic acids is 2. The van der Waals surface area contributed by atoms with Crippen LogP contribution in [-0.2, 0) is 19.3 Å². The van der Waals surface area contributed by atoms with E-state index in [1.807, 2.05) is 49.4 Å². The van der Waals surface area contributed by atoms with E-state index in [2.05, 4.69) is 4.90 Å². The molecular formula is C25H31N3O6S. The number of sulfone groups is 1. The average molecular weight is 502 g/mol. The summed E-state index contributed by atoms with van der Waals surface area (Å²) in [6, 6.07) is 13.2. The zero-order chi connectivity index (χ0) is 25.3. The molecule has 1 fully saturated rings. The summed E-state index contributed by atoms with van der Waals surface area (Å²) in [6.07, 6.45) is -1.23. The molecule has 9 nitrogen and oxygen atoms in total. The fourth-order valence-electron chi connectivity index (χ4n) is 4.45. The number of benzene rings is 2. The van der Waals surface area contributed by atoms with Gasteiger partial charge in [0.05, 0.1) is 48.7 Å². The smallest absolute Gasteiger partial charge is 0.414 e. The lowest BCUT2D eigenvalue weighted by Crippen LogP contribution is -2.52. The first-order valence-corrected chi connectivity index (χ1v) is 13.5. The Morgan fingerprint density at radius 2 is 1.57 bits per heavy atom. The van der Waals surface area contributed by atoms with E-state index in [-0.39, 0.29) is 30.2 Å². The predicted octanol–water partition coefficient (Wildman–Crippen LogP) is 3.91. The lowest BCUT2D eigenvalue weighted by molar-refractivity contribution is 0.121. The van der Waals surface area contributed by atoms with Crippen molar-refractivity contribution in [1.82, 2.24) is 0 Å². The third-order valence-corrected chi connectivity index (χ3v) is 7.86. The molecule has 0 N–H and O–H groups in total. The van der Waals surface area contributed by atoms with E-state index in [0.29, 0.717) is 24.5 Å². The first-order valence-electron chi connectivity index (χ1n) is 11.6. The molecule has 2 heterocycles. The van der Waals surface area contributed by atoms with Gasteiger partial charge in [-0.25, -0.2) is 18.0 Å². The minimum atomic E-state index is -2.94. The first-order chi connectivity index (χ1) is 16.6. The number of methoxy groups -OCH3 is 1. The number of anilines is 3. The van der Waals surface area contributed by atoms with Gasteiger partial charge in [-0.1, -0.05) is 18.2 Å². The van der Waals surface area contributed by atoms with Gasteiger partial charge < -0.3 is 14.4 Å². The van der Waals surface area contributed by atoms with E-state index in [9.17, 15) is 18.0 Å². The van der Waals surface area contributed by atoms with Crippen LogP contribution >= 0.6 is 0 Å². The quantitative estimate of drug-likeness (QED) is 0.629. The van der Waals surface area contributed by atoms with Crippen LogP contribution in [0.15, 0.2) is 42.5 Å². The Balaban J connectivity index is 1.66. The summed E-state index contributed by atoms with van der Waals surface area (Å²) in [6.45, 7) is 6.68. The van der Waals surface area contributed by atoms with E-state index in [1.54, 1.807) is 23.6 Å². The van der Waals surface area contributed by atoms with Gasteiger partial charge in [-0.15, -0.1) is 0 Å². The van der Waals surface area contributed by atoms with Crippen LogP contribution in [0.5, 0.6) is 0 Å². The molecule has 10 heteroatoms. The number of carbonyl (C=O) groups is 2. The van der Waals surface area contributed by atoms with Gasteiger partial charge in [-0.05, 0) is 56.2 Å². The van der Waals surface area contributed by atoms with Crippen LogP contribution in [0.25, 0.3) is 11.1 Å². The normalized spacial score (nSPS) is 19.3. The molecule has 0 bridgehead atoms. The SMILES string of the molecule is COC(=O)N1c2ccc(-c3ccc(N4CCS(=O)(=O)CC4)cc3)cc2N(C(=O)OC(C)C)C[C@@H]1C. The van der Waals surface area contributed by atoms with Crippen molar-refractivity contribution >= 4 is 39.1 Å². The summed E-state index contributed by atoms with van der Waals surface area (Å²) >= 11 is 0. The van der Waals surface area contributed by atoms with Crippen LogP contribution in [0.3, 0.4) is 0 Å². The van der Waals surface area contributed by atoms with Crippen LogP contribution in [-0.4, -0.2) is 71.0 Å². The number of ether oxygens (including phenoxy) is 2. The third-order valence-electron chi connectivity index (χ3n) is 6.25. The number of rotatable bonds is 3. The highest BCUT2D eigenvalue weighted by atomic mass is 32.2. The molecule has 1 atom stereocenters. The second-order valence-corrected chi connectivity index (χ2v) is 11.4. The lowest BCUT2D eigenvalue weighted by atomic mass is 10.0. The predicted molar refractivity (Wildman–Crippen MR) is 136 cm³/mol. The molecule has 0 saturated carbocycles. The van der Waals surface area contributed by atoms with Crippen molar-refractivity contribution in [3.05, 3.63) is 42.5 Å². The molecule has 0 aromatic heterocycles. The molecule has 2 amide bonds. The Kier molecular flexibility index (Phi) is 6.93. The van der Waals surface area contributed by atoms with Crippen LogP contribution in [0, 0.1) is 0 Å². The van der Waals surface area contributed by atoms with Gasteiger partial charge in [-0.2, -0.15) is 0 Å². The topological polar surface area (TPSA) is 96.5 Å². The largest absolute Gasteiger partial charge is 0.452 e. The number of nitrogens with zero attached hydrogens (tertiary/aromatic N) is 3. The minimum absolute atomic E-state index is 0.164. The van der Waals surface area contributed by atoms with E-state index >= 15 is 0 Å². The summed E-state index contributed by atoms with van der Waals surface area (Å²) < 4.78 is 33.9. The Labute approximate surface area is 206 Å². The fraction of sp³-hybridized carbons (Fsp3) is 0.440. The van der Waals surface area contributed by atoms with Gasteiger partial charge in [-0.3, -0.25) is 9.80 Å². The molecule has 4 rings (SSSR count). The average Bonchev–Trinajstić information content (AvgIpc) is 2.82. The molecule has 2 aromatic carbocycles. The van der Waals surface area contributed by atoms with Gasteiger partial charge in [0.1, 0.15) is 0 Å².